The molecule has 0 radical (unpaired) electrons. The quantitative estimate of drug-likeness (QED) is 0.701. The summed E-state index contributed by atoms with van der Waals surface area (Å²) >= 11 is 0. The highest BCUT2D eigenvalue weighted by Gasteiger charge is 2.32. The Morgan fingerprint density at radius 1 is 0.971 bits per heavy atom. The van der Waals surface area contributed by atoms with Gasteiger partial charge in [-0.2, -0.15) is 4.31 Å². The highest BCUT2D eigenvalue weighted by Crippen LogP contribution is 2.29. The van der Waals surface area contributed by atoms with Crippen molar-refractivity contribution < 1.29 is 22.3 Å². The zero-order valence-electron chi connectivity index (χ0n) is 19.1. The number of halogens is 1. The third-order valence-corrected chi connectivity index (χ3v) is 8.99. The predicted molar refractivity (Wildman–Crippen MR) is 128 cm³/mol. The molecule has 2 aliphatic heterocycles. The van der Waals surface area contributed by atoms with E-state index in [1.54, 1.807) is 18.2 Å². The van der Waals surface area contributed by atoms with Crippen LogP contribution < -0.4 is 10.2 Å². The maximum Gasteiger partial charge on any atom is 0.243 e. The SMILES string of the molecule is O=C(Nc1ccc(N2CCOCC2)c(F)c1)C1CCN(S(=O)(=O)c2ccc3c(c2)CCC3)CC1. The van der Waals surface area contributed by atoms with Gasteiger partial charge in [0.1, 0.15) is 5.82 Å². The molecule has 2 heterocycles. The number of piperidine rings is 1. The van der Waals surface area contributed by atoms with Crippen molar-refractivity contribution in [3.8, 4) is 0 Å². The second kappa shape index (κ2) is 9.64. The minimum absolute atomic E-state index is 0.201. The zero-order valence-corrected chi connectivity index (χ0v) is 19.9. The molecule has 182 valence electrons. The first kappa shape index (κ1) is 23.3. The maximum absolute atomic E-state index is 14.6. The van der Waals surface area contributed by atoms with Crippen molar-refractivity contribution in [1.82, 2.24) is 4.31 Å². The smallest absolute Gasteiger partial charge is 0.243 e. The molecule has 1 N–H and O–H groups in total. The lowest BCUT2D eigenvalue weighted by Crippen LogP contribution is -2.41. The fourth-order valence-corrected chi connectivity index (χ4v) is 6.63. The van der Waals surface area contributed by atoms with Gasteiger partial charge >= 0.3 is 0 Å². The Bertz CT molecular complexity index is 1170. The number of nitrogens with zero attached hydrogens (tertiary/aromatic N) is 2. The number of rotatable bonds is 5. The number of benzene rings is 2. The lowest BCUT2D eigenvalue weighted by Gasteiger charge is -2.31. The van der Waals surface area contributed by atoms with Crippen molar-refractivity contribution in [2.24, 2.45) is 5.92 Å². The number of hydrogen-bond donors (Lipinski definition) is 1. The maximum atomic E-state index is 14.6. The molecule has 1 amide bonds. The molecule has 0 atom stereocenters. The molecular formula is C25H30FN3O4S. The first-order valence-corrected chi connectivity index (χ1v) is 13.4. The number of nitrogens with one attached hydrogen (secondary N) is 1. The van der Waals surface area contributed by atoms with Gasteiger partial charge in [0.2, 0.25) is 15.9 Å². The topological polar surface area (TPSA) is 79.0 Å². The van der Waals surface area contributed by atoms with Crippen molar-refractivity contribution in [1.29, 1.82) is 0 Å². The summed E-state index contributed by atoms with van der Waals surface area (Å²) in [7, 11) is -3.57. The van der Waals surface area contributed by atoms with Gasteiger partial charge in [0.15, 0.2) is 0 Å². The Balaban J connectivity index is 1.18. The van der Waals surface area contributed by atoms with E-state index >= 15 is 0 Å². The van der Waals surface area contributed by atoms with Crippen LogP contribution in [-0.2, 0) is 32.4 Å². The van der Waals surface area contributed by atoms with Gasteiger partial charge in [-0.1, -0.05) is 6.07 Å². The van der Waals surface area contributed by atoms with Crippen molar-refractivity contribution >= 4 is 27.3 Å². The number of amides is 1. The molecule has 1 aliphatic carbocycles. The van der Waals surface area contributed by atoms with Crippen LogP contribution in [0, 0.1) is 11.7 Å². The highest BCUT2D eigenvalue weighted by molar-refractivity contribution is 7.89. The fourth-order valence-electron chi connectivity index (χ4n) is 5.11. The zero-order chi connectivity index (χ0) is 23.7. The molecule has 3 aliphatic rings. The molecular weight excluding hydrogens is 457 g/mol. The summed E-state index contributed by atoms with van der Waals surface area (Å²) < 4.78 is 47.7. The number of sulfonamides is 1. The van der Waals surface area contributed by atoms with Crippen molar-refractivity contribution in [3.63, 3.8) is 0 Å². The average Bonchev–Trinajstić information content (AvgIpc) is 3.33. The van der Waals surface area contributed by atoms with Crippen LogP contribution in [0.4, 0.5) is 15.8 Å². The Kier molecular flexibility index (Phi) is 6.59. The normalized spacial score (nSPS) is 19.7. The molecule has 9 heteroatoms. The molecule has 2 aromatic rings. The van der Waals surface area contributed by atoms with E-state index in [1.165, 1.54) is 15.9 Å². The first-order chi connectivity index (χ1) is 16.4. The standard InChI is InChI=1S/C25H30FN3O4S/c26-23-17-21(5-7-24(23)28-12-14-33-15-13-28)27-25(30)19-8-10-29(11-9-19)34(31,32)22-6-4-18-2-1-3-20(18)16-22/h4-7,16-17,19H,1-3,8-15H2,(H,27,30). The number of carbonyl (C=O) groups is 1. The number of aryl methyl sites for hydroxylation is 2. The van der Waals surface area contributed by atoms with E-state index in [2.05, 4.69) is 5.32 Å². The second-order valence-corrected chi connectivity index (χ2v) is 11.2. The van der Waals surface area contributed by atoms with Crippen LogP contribution in [0.15, 0.2) is 41.3 Å². The Labute approximate surface area is 199 Å². The summed E-state index contributed by atoms with van der Waals surface area (Å²) in [6, 6.07) is 10.2. The third kappa shape index (κ3) is 4.69. The van der Waals surface area contributed by atoms with Gasteiger partial charge in [0.25, 0.3) is 0 Å². The van der Waals surface area contributed by atoms with Crippen LogP contribution in [0.1, 0.15) is 30.4 Å². The van der Waals surface area contributed by atoms with Gasteiger partial charge in [-0.3, -0.25) is 4.79 Å². The molecule has 34 heavy (non-hydrogen) atoms. The van der Waals surface area contributed by atoms with Crippen LogP contribution in [0.5, 0.6) is 0 Å². The van der Waals surface area contributed by atoms with E-state index in [-0.39, 0.29) is 17.6 Å². The van der Waals surface area contributed by atoms with Gasteiger partial charge in [0.05, 0.1) is 23.8 Å². The summed E-state index contributed by atoms with van der Waals surface area (Å²) in [5, 5.41) is 2.81. The number of ether oxygens (including phenoxy) is 1. The third-order valence-electron chi connectivity index (χ3n) is 7.10. The molecule has 2 saturated heterocycles. The summed E-state index contributed by atoms with van der Waals surface area (Å²) in [5.41, 5.74) is 3.28. The number of hydrogen-bond acceptors (Lipinski definition) is 5. The Morgan fingerprint density at radius 2 is 1.71 bits per heavy atom. The van der Waals surface area contributed by atoms with Crippen LogP contribution in [0.2, 0.25) is 0 Å². The van der Waals surface area contributed by atoms with Crippen molar-refractivity contribution in [2.75, 3.05) is 49.6 Å². The van der Waals surface area contributed by atoms with E-state index in [1.807, 2.05) is 17.0 Å². The van der Waals surface area contributed by atoms with Crippen LogP contribution in [-0.4, -0.2) is 58.0 Å². The molecule has 0 unspecified atom stereocenters. The lowest BCUT2D eigenvalue weighted by atomic mass is 9.97. The molecule has 0 aromatic heterocycles. The van der Waals surface area contributed by atoms with Crippen molar-refractivity contribution in [3.05, 3.63) is 53.3 Å². The monoisotopic (exact) mass is 487 g/mol. The van der Waals surface area contributed by atoms with E-state index in [0.29, 0.717) is 68.5 Å². The second-order valence-electron chi connectivity index (χ2n) is 9.22. The van der Waals surface area contributed by atoms with Gasteiger partial charge in [-0.15, -0.1) is 0 Å². The summed E-state index contributed by atoms with van der Waals surface area (Å²) in [4.78, 5) is 15.1. The van der Waals surface area contributed by atoms with Crippen LogP contribution in [0.3, 0.4) is 0 Å². The molecule has 2 fully saturated rings. The van der Waals surface area contributed by atoms with Crippen molar-refractivity contribution in [2.45, 2.75) is 37.0 Å². The van der Waals surface area contributed by atoms with Gasteiger partial charge in [-0.05, 0) is 73.6 Å². The van der Waals surface area contributed by atoms with E-state index < -0.39 is 10.0 Å². The summed E-state index contributed by atoms with van der Waals surface area (Å²) in [6.45, 7) is 2.99. The van der Waals surface area contributed by atoms with Crippen LogP contribution >= 0.6 is 0 Å². The average molecular weight is 488 g/mol. The largest absolute Gasteiger partial charge is 0.378 e. The van der Waals surface area contributed by atoms with E-state index in [0.717, 1.165) is 24.8 Å². The molecule has 0 saturated carbocycles. The number of fused-ring (bicyclic) bond motifs is 1. The number of morpholine rings is 1. The van der Waals surface area contributed by atoms with Gasteiger partial charge < -0.3 is 15.0 Å². The van der Waals surface area contributed by atoms with Gasteiger partial charge in [-0.25, -0.2) is 12.8 Å². The lowest BCUT2D eigenvalue weighted by molar-refractivity contribution is -0.120. The van der Waals surface area contributed by atoms with Crippen LogP contribution in [0.25, 0.3) is 0 Å². The molecule has 5 rings (SSSR count). The van der Waals surface area contributed by atoms with Gasteiger partial charge in [0, 0.05) is 37.8 Å². The molecule has 0 bridgehead atoms. The highest BCUT2D eigenvalue weighted by atomic mass is 32.2. The fraction of sp³-hybridized carbons (Fsp3) is 0.480. The molecule has 2 aromatic carbocycles. The summed E-state index contributed by atoms with van der Waals surface area (Å²) in [6.07, 6.45) is 3.87. The molecule has 0 spiro atoms. The predicted octanol–water partition coefficient (Wildman–Crippen LogP) is 3.19. The minimum atomic E-state index is -3.57. The Morgan fingerprint density at radius 3 is 2.44 bits per heavy atom. The van der Waals surface area contributed by atoms with E-state index in [4.69, 9.17) is 4.74 Å². The minimum Gasteiger partial charge on any atom is -0.378 e. The molecule has 7 nitrogen and oxygen atoms in total. The first-order valence-electron chi connectivity index (χ1n) is 12.0. The Hall–Kier alpha value is -2.49. The number of anilines is 2. The number of carbonyl (C=O) groups excluding carboxylic acids is 1. The summed E-state index contributed by atoms with van der Waals surface area (Å²) in [5.74, 6) is -0.892. The van der Waals surface area contributed by atoms with E-state index in [9.17, 15) is 17.6 Å².